The lowest BCUT2D eigenvalue weighted by atomic mass is 10.3. The molecule has 1 aromatic rings. The monoisotopic (exact) mass is 236 g/mol. The van der Waals surface area contributed by atoms with E-state index < -0.39 is 0 Å². The molecule has 0 aromatic carbocycles. The number of nitrogens with one attached hydrogen (secondary N) is 1. The van der Waals surface area contributed by atoms with Crippen molar-refractivity contribution >= 4 is 11.9 Å². The van der Waals surface area contributed by atoms with Gasteiger partial charge in [-0.1, -0.05) is 13.3 Å². The topological polar surface area (TPSA) is 50.2 Å². The molecule has 0 aliphatic carbocycles. The number of rotatable bonds is 4. The van der Waals surface area contributed by atoms with E-state index in [2.05, 4.69) is 17.2 Å². The predicted molar refractivity (Wildman–Crippen MR) is 67.2 cm³/mol. The lowest BCUT2D eigenvalue weighted by molar-refractivity contribution is 0.0788. The van der Waals surface area contributed by atoms with Gasteiger partial charge in [-0.15, -0.1) is 0 Å². The van der Waals surface area contributed by atoms with E-state index in [1.54, 1.807) is 4.90 Å². The first-order valence-electron chi connectivity index (χ1n) is 6.29. The Hall–Kier alpha value is -1.52. The number of aryl methyl sites for hydroxylation is 1. The molecule has 0 saturated heterocycles. The first-order valence-corrected chi connectivity index (χ1v) is 6.29. The highest BCUT2D eigenvalue weighted by atomic mass is 16.2. The highest BCUT2D eigenvalue weighted by molar-refractivity contribution is 5.92. The molecule has 5 heteroatoms. The van der Waals surface area contributed by atoms with Gasteiger partial charge in [-0.2, -0.15) is 0 Å². The molecule has 1 aliphatic rings. The minimum atomic E-state index is 0.0159. The molecular formula is C12H20N4O. The molecule has 2 heterocycles. The summed E-state index contributed by atoms with van der Waals surface area (Å²) in [6, 6.07) is 0. The summed E-state index contributed by atoms with van der Waals surface area (Å²) in [5, 5.41) is 3.20. The minimum absolute atomic E-state index is 0.0159. The Balaban J connectivity index is 2.06. The summed E-state index contributed by atoms with van der Waals surface area (Å²) < 4.78 is 2.02. The maximum absolute atomic E-state index is 12.1. The molecule has 1 aromatic heterocycles. The molecule has 2 rings (SSSR count). The molecule has 0 radical (unpaired) electrons. The molecule has 1 aliphatic heterocycles. The van der Waals surface area contributed by atoms with Crippen molar-refractivity contribution in [1.29, 1.82) is 0 Å². The van der Waals surface area contributed by atoms with Crippen LogP contribution in [-0.2, 0) is 6.54 Å². The van der Waals surface area contributed by atoms with Gasteiger partial charge < -0.3 is 14.8 Å². The third kappa shape index (κ3) is 2.60. The van der Waals surface area contributed by atoms with Crippen LogP contribution in [0.2, 0.25) is 0 Å². The van der Waals surface area contributed by atoms with Crippen LogP contribution in [0.5, 0.6) is 0 Å². The number of hydrogen-bond donors (Lipinski definition) is 1. The molecule has 0 spiro atoms. The average Bonchev–Trinajstić information content (AvgIpc) is 2.78. The Bertz CT molecular complexity index is 376. The van der Waals surface area contributed by atoms with Crippen molar-refractivity contribution < 1.29 is 4.79 Å². The van der Waals surface area contributed by atoms with Crippen LogP contribution in [-0.4, -0.2) is 40.5 Å². The molecule has 17 heavy (non-hydrogen) atoms. The highest BCUT2D eigenvalue weighted by Gasteiger charge is 2.18. The zero-order valence-electron chi connectivity index (χ0n) is 10.6. The van der Waals surface area contributed by atoms with Gasteiger partial charge in [-0.25, -0.2) is 4.98 Å². The summed E-state index contributed by atoms with van der Waals surface area (Å²) in [5.74, 6) is 0.839. The largest absolute Gasteiger partial charge is 0.356 e. The van der Waals surface area contributed by atoms with E-state index in [1.807, 2.05) is 17.8 Å². The fourth-order valence-corrected chi connectivity index (χ4v) is 1.97. The molecule has 0 bridgehead atoms. The first-order chi connectivity index (χ1) is 8.22. The Morgan fingerprint density at radius 1 is 1.65 bits per heavy atom. The number of fused-ring (bicyclic) bond motifs is 1. The van der Waals surface area contributed by atoms with Gasteiger partial charge in [0.15, 0.2) is 0 Å². The molecule has 0 unspecified atom stereocenters. The average molecular weight is 236 g/mol. The standard InChI is InChI=1S/C12H20N4O/c1-3-4-7-15(2)11(17)10-9-16-8-5-6-13-12(16)14-10/h9H,3-8H2,1-2H3,(H,13,14). The number of carbonyl (C=O) groups is 1. The van der Waals surface area contributed by atoms with Gasteiger partial charge in [0.25, 0.3) is 5.91 Å². The third-order valence-corrected chi connectivity index (χ3v) is 3.05. The SMILES string of the molecule is CCCCN(C)C(=O)c1cn2c(n1)NCCC2. The van der Waals surface area contributed by atoms with Crippen molar-refractivity contribution in [2.75, 3.05) is 25.5 Å². The summed E-state index contributed by atoms with van der Waals surface area (Å²) >= 11 is 0. The number of aromatic nitrogens is 2. The zero-order valence-corrected chi connectivity index (χ0v) is 10.6. The predicted octanol–water partition coefficient (Wildman–Crippen LogP) is 1.57. The second kappa shape index (κ2) is 5.21. The second-order valence-electron chi connectivity index (χ2n) is 4.50. The van der Waals surface area contributed by atoms with Crippen LogP contribution in [0.15, 0.2) is 6.20 Å². The Morgan fingerprint density at radius 3 is 3.18 bits per heavy atom. The van der Waals surface area contributed by atoms with Crippen LogP contribution < -0.4 is 5.32 Å². The van der Waals surface area contributed by atoms with Crippen LogP contribution in [0.1, 0.15) is 36.7 Å². The lowest BCUT2D eigenvalue weighted by Gasteiger charge is -2.14. The van der Waals surface area contributed by atoms with Crippen LogP contribution >= 0.6 is 0 Å². The number of nitrogens with zero attached hydrogens (tertiary/aromatic N) is 3. The zero-order chi connectivity index (χ0) is 12.3. The summed E-state index contributed by atoms with van der Waals surface area (Å²) in [4.78, 5) is 18.2. The smallest absolute Gasteiger partial charge is 0.273 e. The number of amides is 1. The summed E-state index contributed by atoms with van der Waals surface area (Å²) in [6.45, 7) is 4.81. The number of unbranched alkanes of at least 4 members (excludes halogenated alkanes) is 1. The summed E-state index contributed by atoms with van der Waals surface area (Å²) in [5.41, 5.74) is 0.549. The number of carbonyl (C=O) groups excluding carboxylic acids is 1. The van der Waals surface area contributed by atoms with E-state index in [0.717, 1.165) is 44.8 Å². The molecule has 0 saturated carbocycles. The van der Waals surface area contributed by atoms with Crippen molar-refractivity contribution in [3.8, 4) is 0 Å². The molecule has 5 nitrogen and oxygen atoms in total. The fraction of sp³-hybridized carbons (Fsp3) is 0.667. The van der Waals surface area contributed by atoms with Gasteiger partial charge in [0.05, 0.1) is 0 Å². The molecule has 0 fully saturated rings. The van der Waals surface area contributed by atoms with E-state index in [4.69, 9.17) is 0 Å². The number of anilines is 1. The minimum Gasteiger partial charge on any atom is -0.356 e. The summed E-state index contributed by atoms with van der Waals surface area (Å²) in [6.07, 6.45) is 5.07. The van der Waals surface area contributed by atoms with Gasteiger partial charge >= 0.3 is 0 Å². The fourth-order valence-electron chi connectivity index (χ4n) is 1.97. The van der Waals surface area contributed by atoms with Gasteiger partial charge in [-0.05, 0) is 12.8 Å². The van der Waals surface area contributed by atoms with E-state index in [-0.39, 0.29) is 5.91 Å². The van der Waals surface area contributed by atoms with Crippen LogP contribution in [0.25, 0.3) is 0 Å². The van der Waals surface area contributed by atoms with Crippen molar-refractivity contribution in [3.63, 3.8) is 0 Å². The third-order valence-electron chi connectivity index (χ3n) is 3.05. The van der Waals surface area contributed by atoms with Crippen LogP contribution in [0.3, 0.4) is 0 Å². The maximum Gasteiger partial charge on any atom is 0.273 e. The summed E-state index contributed by atoms with van der Waals surface area (Å²) in [7, 11) is 1.84. The lowest BCUT2D eigenvalue weighted by Crippen LogP contribution is -2.27. The van der Waals surface area contributed by atoms with Crippen LogP contribution in [0, 0.1) is 0 Å². The van der Waals surface area contributed by atoms with Gasteiger partial charge in [-0.3, -0.25) is 4.79 Å². The maximum atomic E-state index is 12.1. The van der Waals surface area contributed by atoms with Crippen molar-refractivity contribution in [3.05, 3.63) is 11.9 Å². The Labute approximate surface area is 102 Å². The number of imidazole rings is 1. The van der Waals surface area contributed by atoms with E-state index in [0.29, 0.717) is 5.69 Å². The van der Waals surface area contributed by atoms with Crippen molar-refractivity contribution in [2.45, 2.75) is 32.7 Å². The highest BCUT2D eigenvalue weighted by Crippen LogP contribution is 2.15. The van der Waals surface area contributed by atoms with E-state index in [1.165, 1.54) is 0 Å². The molecule has 1 amide bonds. The van der Waals surface area contributed by atoms with Gasteiger partial charge in [0.1, 0.15) is 5.69 Å². The van der Waals surface area contributed by atoms with E-state index >= 15 is 0 Å². The molecule has 94 valence electrons. The molecule has 1 N–H and O–H groups in total. The van der Waals surface area contributed by atoms with Crippen LogP contribution in [0.4, 0.5) is 5.95 Å². The molecular weight excluding hydrogens is 216 g/mol. The Kier molecular flexibility index (Phi) is 3.66. The Morgan fingerprint density at radius 2 is 2.47 bits per heavy atom. The molecule has 0 atom stereocenters. The van der Waals surface area contributed by atoms with Crippen molar-refractivity contribution in [2.24, 2.45) is 0 Å². The quantitative estimate of drug-likeness (QED) is 0.863. The van der Waals surface area contributed by atoms with Gasteiger partial charge in [0.2, 0.25) is 5.95 Å². The first kappa shape index (κ1) is 12.0. The van der Waals surface area contributed by atoms with Gasteiger partial charge in [0, 0.05) is 32.9 Å². The van der Waals surface area contributed by atoms with Crippen molar-refractivity contribution in [1.82, 2.24) is 14.5 Å². The number of hydrogen-bond acceptors (Lipinski definition) is 3. The second-order valence-corrected chi connectivity index (χ2v) is 4.50. The van der Waals surface area contributed by atoms with E-state index in [9.17, 15) is 4.79 Å². The normalized spacial score (nSPS) is 14.0.